The first-order chi connectivity index (χ1) is 12.3. The molecule has 1 aliphatic heterocycles. The third-order valence-corrected chi connectivity index (χ3v) is 4.63. The lowest BCUT2D eigenvalue weighted by Crippen LogP contribution is -2.25. The van der Waals surface area contributed by atoms with Crippen molar-refractivity contribution >= 4 is 29.1 Å². The van der Waals surface area contributed by atoms with Crippen LogP contribution in [0.2, 0.25) is 5.02 Å². The van der Waals surface area contributed by atoms with Gasteiger partial charge in [0.05, 0.1) is 10.6 Å². The van der Waals surface area contributed by atoms with E-state index in [1.807, 2.05) is 13.0 Å². The van der Waals surface area contributed by atoms with Crippen molar-refractivity contribution in [3.63, 3.8) is 0 Å². The molecule has 1 aromatic carbocycles. The molecule has 4 nitrogen and oxygen atoms in total. The average molecular weight is 385 g/mol. The molecule has 1 saturated heterocycles. The molecule has 0 saturated carbocycles. The maximum absolute atomic E-state index is 13.0. The van der Waals surface area contributed by atoms with Gasteiger partial charge in [0.15, 0.2) is 0 Å². The van der Waals surface area contributed by atoms with Gasteiger partial charge in [-0.05, 0) is 38.0 Å². The summed E-state index contributed by atoms with van der Waals surface area (Å²) in [4.78, 5) is 11.0. The standard InChI is InChI=1S/C18H20ClF3N4/c1-12-10-16(26-8-4-2-3-5-9-26)25-17(23-12)24-13-6-7-15(19)14(11-13)18(20,21)22/h6-7,10-11H,2-5,8-9H2,1H3,(H,23,24,25). The Labute approximate surface area is 155 Å². The zero-order chi connectivity index (χ0) is 18.7. The number of alkyl halides is 3. The Balaban J connectivity index is 1.86. The number of hydrogen-bond donors (Lipinski definition) is 1. The molecule has 26 heavy (non-hydrogen) atoms. The second-order valence-corrected chi connectivity index (χ2v) is 6.82. The third kappa shape index (κ3) is 4.58. The van der Waals surface area contributed by atoms with E-state index >= 15 is 0 Å². The van der Waals surface area contributed by atoms with E-state index in [0.29, 0.717) is 0 Å². The Morgan fingerprint density at radius 1 is 1.04 bits per heavy atom. The molecule has 1 fully saturated rings. The fraction of sp³-hybridized carbons (Fsp3) is 0.444. The number of aromatic nitrogens is 2. The van der Waals surface area contributed by atoms with Crippen molar-refractivity contribution in [1.82, 2.24) is 9.97 Å². The third-order valence-electron chi connectivity index (χ3n) is 4.30. The number of halogens is 4. The molecule has 0 aliphatic carbocycles. The number of anilines is 3. The van der Waals surface area contributed by atoms with Gasteiger partial charge in [-0.2, -0.15) is 18.2 Å². The molecule has 1 aliphatic rings. The van der Waals surface area contributed by atoms with Gasteiger partial charge in [-0.25, -0.2) is 4.98 Å². The Bertz CT molecular complexity index is 772. The predicted octanol–water partition coefficient (Wildman–Crippen LogP) is 5.58. The maximum Gasteiger partial charge on any atom is 0.417 e. The molecule has 2 heterocycles. The van der Waals surface area contributed by atoms with Gasteiger partial charge in [-0.3, -0.25) is 0 Å². The summed E-state index contributed by atoms with van der Waals surface area (Å²) in [5.41, 5.74) is 0.116. The van der Waals surface area contributed by atoms with Gasteiger partial charge < -0.3 is 10.2 Å². The van der Waals surface area contributed by atoms with E-state index in [-0.39, 0.29) is 16.7 Å². The summed E-state index contributed by atoms with van der Waals surface area (Å²) >= 11 is 5.67. The number of hydrogen-bond acceptors (Lipinski definition) is 4. The molecule has 0 unspecified atom stereocenters. The fourth-order valence-corrected chi connectivity index (χ4v) is 3.24. The van der Waals surface area contributed by atoms with E-state index in [1.165, 1.54) is 25.0 Å². The summed E-state index contributed by atoms with van der Waals surface area (Å²) in [5, 5.41) is 2.54. The maximum atomic E-state index is 13.0. The minimum atomic E-state index is -4.51. The molecule has 3 rings (SSSR count). The van der Waals surface area contributed by atoms with Crippen LogP contribution in [0.3, 0.4) is 0 Å². The number of aryl methyl sites for hydroxylation is 1. The number of benzene rings is 1. The van der Waals surface area contributed by atoms with Crippen LogP contribution >= 0.6 is 11.6 Å². The van der Waals surface area contributed by atoms with E-state index < -0.39 is 11.7 Å². The van der Waals surface area contributed by atoms with Crippen molar-refractivity contribution in [2.24, 2.45) is 0 Å². The van der Waals surface area contributed by atoms with Gasteiger partial charge >= 0.3 is 6.18 Å². The SMILES string of the molecule is Cc1cc(N2CCCCCC2)nc(Nc2ccc(Cl)c(C(F)(F)F)c2)n1. The molecule has 0 amide bonds. The Hall–Kier alpha value is -2.02. The molecule has 0 atom stereocenters. The highest BCUT2D eigenvalue weighted by atomic mass is 35.5. The van der Waals surface area contributed by atoms with Gasteiger partial charge in [0.25, 0.3) is 0 Å². The Morgan fingerprint density at radius 2 is 1.73 bits per heavy atom. The fourth-order valence-electron chi connectivity index (χ4n) is 3.02. The van der Waals surface area contributed by atoms with Crippen molar-refractivity contribution in [3.05, 3.63) is 40.5 Å². The normalized spacial score (nSPS) is 15.7. The highest BCUT2D eigenvalue weighted by Gasteiger charge is 2.33. The topological polar surface area (TPSA) is 41.1 Å². The minimum Gasteiger partial charge on any atom is -0.356 e. The molecular formula is C18H20ClF3N4. The van der Waals surface area contributed by atoms with Crippen molar-refractivity contribution in [2.45, 2.75) is 38.8 Å². The quantitative estimate of drug-likeness (QED) is 0.749. The van der Waals surface area contributed by atoms with Gasteiger partial charge in [-0.15, -0.1) is 0 Å². The molecule has 1 N–H and O–H groups in total. The summed E-state index contributed by atoms with van der Waals surface area (Å²) in [7, 11) is 0. The van der Waals surface area contributed by atoms with Crippen molar-refractivity contribution in [2.75, 3.05) is 23.3 Å². The highest BCUT2D eigenvalue weighted by Crippen LogP contribution is 2.36. The van der Waals surface area contributed by atoms with Gasteiger partial charge in [0.2, 0.25) is 5.95 Å². The first-order valence-corrected chi connectivity index (χ1v) is 8.95. The Morgan fingerprint density at radius 3 is 2.38 bits per heavy atom. The summed E-state index contributed by atoms with van der Waals surface area (Å²) in [6, 6.07) is 5.58. The summed E-state index contributed by atoms with van der Waals surface area (Å²) in [5.74, 6) is 1.08. The first-order valence-electron chi connectivity index (χ1n) is 8.57. The smallest absolute Gasteiger partial charge is 0.356 e. The lowest BCUT2D eigenvalue weighted by atomic mass is 10.2. The monoisotopic (exact) mass is 384 g/mol. The molecule has 1 aromatic heterocycles. The lowest BCUT2D eigenvalue weighted by molar-refractivity contribution is -0.137. The van der Waals surface area contributed by atoms with Crippen LogP contribution in [0.4, 0.5) is 30.6 Å². The van der Waals surface area contributed by atoms with Gasteiger partial charge in [0.1, 0.15) is 5.82 Å². The van der Waals surface area contributed by atoms with Gasteiger partial charge in [-0.1, -0.05) is 24.4 Å². The number of rotatable bonds is 3. The van der Waals surface area contributed by atoms with Crippen molar-refractivity contribution < 1.29 is 13.2 Å². The zero-order valence-electron chi connectivity index (χ0n) is 14.4. The minimum absolute atomic E-state index is 0.245. The summed E-state index contributed by atoms with van der Waals surface area (Å²) in [6.07, 6.45) is 0.114. The molecule has 0 bridgehead atoms. The van der Waals surface area contributed by atoms with E-state index in [1.54, 1.807) is 0 Å². The first kappa shape index (κ1) is 18.8. The van der Waals surface area contributed by atoms with Crippen LogP contribution in [0.15, 0.2) is 24.3 Å². The van der Waals surface area contributed by atoms with Crippen LogP contribution in [0, 0.1) is 6.92 Å². The van der Waals surface area contributed by atoms with Crippen molar-refractivity contribution in [3.8, 4) is 0 Å². The van der Waals surface area contributed by atoms with Crippen LogP contribution in [-0.4, -0.2) is 23.1 Å². The second kappa shape index (κ2) is 7.70. The highest BCUT2D eigenvalue weighted by molar-refractivity contribution is 6.31. The molecule has 0 spiro atoms. The molecule has 0 radical (unpaired) electrons. The van der Waals surface area contributed by atoms with Crippen LogP contribution in [0.25, 0.3) is 0 Å². The molecule has 2 aromatic rings. The Kier molecular flexibility index (Phi) is 5.55. The average Bonchev–Trinajstić information content (AvgIpc) is 2.84. The van der Waals surface area contributed by atoms with Gasteiger partial charge in [0, 0.05) is 30.5 Å². The van der Waals surface area contributed by atoms with E-state index in [9.17, 15) is 13.2 Å². The van der Waals surface area contributed by atoms with Crippen LogP contribution < -0.4 is 10.2 Å². The van der Waals surface area contributed by atoms with E-state index in [4.69, 9.17) is 11.6 Å². The molecular weight excluding hydrogens is 365 g/mol. The molecule has 8 heteroatoms. The number of nitrogens with zero attached hydrogens (tertiary/aromatic N) is 3. The van der Waals surface area contributed by atoms with E-state index in [2.05, 4.69) is 20.2 Å². The number of nitrogens with one attached hydrogen (secondary N) is 1. The zero-order valence-corrected chi connectivity index (χ0v) is 15.2. The van der Waals surface area contributed by atoms with E-state index in [0.717, 1.165) is 43.5 Å². The summed E-state index contributed by atoms with van der Waals surface area (Å²) < 4.78 is 39.1. The predicted molar refractivity (Wildman–Crippen MR) is 97.2 cm³/mol. The molecule has 140 valence electrons. The van der Waals surface area contributed by atoms with Crippen LogP contribution in [0.5, 0.6) is 0 Å². The largest absolute Gasteiger partial charge is 0.417 e. The lowest BCUT2D eigenvalue weighted by Gasteiger charge is -2.22. The van der Waals surface area contributed by atoms with Crippen molar-refractivity contribution in [1.29, 1.82) is 0 Å². The van der Waals surface area contributed by atoms with Crippen LogP contribution in [-0.2, 0) is 6.18 Å². The van der Waals surface area contributed by atoms with Crippen LogP contribution in [0.1, 0.15) is 36.9 Å². The summed E-state index contributed by atoms with van der Waals surface area (Å²) in [6.45, 7) is 3.70. The second-order valence-electron chi connectivity index (χ2n) is 6.41.